The third-order valence-corrected chi connectivity index (χ3v) is 4.13. The lowest BCUT2D eigenvalue weighted by Crippen LogP contribution is -2.20. The molecule has 2 nitrogen and oxygen atoms in total. The number of nitrogens with zero attached hydrogens (tertiary/aromatic N) is 1. The van der Waals surface area contributed by atoms with Crippen molar-refractivity contribution in [2.24, 2.45) is 0 Å². The molecule has 1 aromatic heterocycles. The highest BCUT2D eigenvalue weighted by Crippen LogP contribution is 2.24. The van der Waals surface area contributed by atoms with Gasteiger partial charge in [-0.25, -0.2) is 4.39 Å². The fourth-order valence-electron chi connectivity index (χ4n) is 2.27. The Balaban J connectivity index is 2.12. The summed E-state index contributed by atoms with van der Waals surface area (Å²) in [7, 11) is 1.92. The van der Waals surface area contributed by atoms with E-state index in [-0.39, 0.29) is 11.9 Å². The van der Waals surface area contributed by atoms with Crippen LogP contribution >= 0.6 is 11.3 Å². The zero-order valence-electron chi connectivity index (χ0n) is 12.2. The van der Waals surface area contributed by atoms with Crippen LogP contribution in [0.5, 0.6) is 0 Å². The molecule has 1 N–H and O–H groups in total. The van der Waals surface area contributed by atoms with Crippen LogP contribution in [0.25, 0.3) is 0 Å². The molecule has 2 aromatic rings. The molecule has 0 aliphatic rings. The number of rotatable bonds is 6. The van der Waals surface area contributed by atoms with E-state index in [1.54, 1.807) is 17.4 Å². The van der Waals surface area contributed by atoms with E-state index >= 15 is 0 Å². The average molecular weight is 292 g/mol. The number of hydrogen-bond acceptors (Lipinski definition) is 3. The first-order chi connectivity index (χ1) is 9.61. The van der Waals surface area contributed by atoms with Gasteiger partial charge in [0.1, 0.15) is 5.82 Å². The second kappa shape index (κ2) is 6.86. The molecule has 4 heteroatoms. The summed E-state index contributed by atoms with van der Waals surface area (Å²) < 4.78 is 14.3. The molecule has 0 aliphatic carbocycles. The van der Waals surface area contributed by atoms with Gasteiger partial charge in [-0.3, -0.25) is 0 Å². The summed E-state index contributed by atoms with van der Waals surface area (Å²) in [6.45, 7) is 5.70. The van der Waals surface area contributed by atoms with Gasteiger partial charge in [-0.05, 0) is 53.6 Å². The molecule has 0 amide bonds. The van der Waals surface area contributed by atoms with Crippen LogP contribution in [-0.4, -0.2) is 13.6 Å². The molecule has 0 spiro atoms. The average Bonchev–Trinajstić information content (AvgIpc) is 2.91. The minimum Gasteiger partial charge on any atom is -0.368 e. The van der Waals surface area contributed by atoms with Crippen molar-refractivity contribution < 1.29 is 4.39 Å². The Morgan fingerprint density at radius 3 is 2.75 bits per heavy atom. The highest BCUT2D eigenvalue weighted by molar-refractivity contribution is 7.07. The van der Waals surface area contributed by atoms with Crippen LogP contribution in [0.4, 0.5) is 10.1 Å². The first kappa shape index (κ1) is 15.0. The van der Waals surface area contributed by atoms with E-state index in [1.165, 1.54) is 5.56 Å². The van der Waals surface area contributed by atoms with Gasteiger partial charge in [-0.15, -0.1) is 0 Å². The Labute approximate surface area is 124 Å². The fraction of sp³-hybridized carbons (Fsp3) is 0.375. The van der Waals surface area contributed by atoms with E-state index in [4.69, 9.17) is 0 Å². The Morgan fingerprint density at radius 1 is 1.35 bits per heavy atom. The lowest BCUT2D eigenvalue weighted by Gasteiger charge is -2.21. The molecule has 0 bridgehead atoms. The zero-order chi connectivity index (χ0) is 14.5. The van der Waals surface area contributed by atoms with Crippen molar-refractivity contribution in [2.75, 3.05) is 18.5 Å². The summed E-state index contributed by atoms with van der Waals surface area (Å²) in [6.07, 6.45) is 0. The van der Waals surface area contributed by atoms with Gasteiger partial charge in [0, 0.05) is 19.6 Å². The molecule has 20 heavy (non-hydrogen) atoms. The van der Waals surface area contributed by atoms with Crippen LogP contribution < -0.4 is 10.2 Å². The van der Waals surface area contributed by atoms with Crippen molar-refractivity contribution in [1.82, 2.24) is 5.32 Å². The molecule has 0 radical (unpaired) electrons. The summed E-state index contributed by atoms with van der Waals surface area (Å²) in [5.41, 5.74) is 2.84. The largest absolute Gasteiger partial charge is 0.368 e. The third-order valence-electron chi connectivity index (χ3n) is 3.39. The maximum Gasteiger partial charge on any atom is 0.146 e. The van der Waals surface area contributed by atoms with Crippen molar-refractivity contribution in [2.45, 2.75) is 26.4 Å². The Bertz CT molecular complexity index is 539. The van der Waals surface area contributed by atoms with E-state index in [1.807, 2.05) is 36.4 Å². The topological polar surface area (TPSA) is 15.3 Å². The predicted molar refractivity (Wildman–Crippen MR) is 84.9 cm³/mol. The second-order valence-corrected chi connectivity index (χ2v) is 5.76. The van der Waals surface area contributed by atoms with E-state index in [0.29, 0.717) is 5.69 Å². The molecule has 1 unspecified atom stereocenters. The second-order valence-electron chi connectivity index (χ2n) is 4.98. The van der Waals surface area contributed by atoms with Gasteiger partial charge in [0.2, 0.25) is 0 Å². The van der Waals surface area contributed by atoms with E-state index < -0.39 is 0 Å². The van der Waals surface area contributed by atoms with Gasteiger partial charge in [-0.2, -0.15) is 11.3 Å². The van der Waals surface area contributed by atoms with Gasteiger partial charge >= 0.3 is 0 Å². The summed E-state index contributed by atoms with van der Waals surface area (Å²) in [6, 6.07) is 7.74. The van der Waals surface area contributed by atoms with E-state index in [2.05, 4.69) is 23.7 Å². The van der Waals surface area contributed by atoms with Gasteiger partial charge in [0.15, 0.2) is 0 Å². The van der Waals surface area contributed by atoms with Crippen molar-refractivity contribution in [1.29, 1.82) is 0 Å². The number of anilines is 1. The molecule has 1 atom stereocenters. The standard InChI is InChI=1S/C16H21FN2S/c1-4-18-12(2)14-5-6-16(15(17)9-14)19(3)10-13-7-8-20-11-13/h5-9,11-12,18H,4,10H2,1-3H3. The summed E-state index contributed by atoms with van der Waals surface area (Å²) in [5.74, 6) is -0.162. The summed E-state index contributed by atoms with van der Waals surface area (Å²) in [5, 5.41) is 7.43. The van der Waals surface area contributed by atoms with Crippen molar-refractivity contribution >= 4 is 17.0 Å². The number of thiophene rings is 1. The van der Waals surface area contributed by atoms with Crippen molar-refractivity contribution in [3.05, 3.63) is 52.0 Å². The van der Waals surface area contributed by atoms with Gasteiger partial charge in [-0.1, -0.05) is 13.0 Å². The summed E-state index contributed by atoms with van der Waals surface area (Å²) in [4.78, 5) is 1.94. The highest BCUT2D eigenvalue weighted by atomic mass is 32.1. The van der Waals surface area contributed by atoms with Crippen molar-refractivity contribution in [3.63, 3.8) is 0 Å². The molecule has 1 aromatic carbocycles. The van der Waals surface area contributed by atoms with E-state index in [9.17, 15) is 4.39 Å². The lowest BCUT2D eigenvalue weighted by molar-refractivity contribution is 0.581. The monoisotopic (exact) mass is 292 g/mol. The number of hydrogen-bond donors (Lipinski definition) is 1. The lowest BCUT2D eigenvalue weighted by atomic mass is 10.1. The quantitative estimate of drug-likeness (QED) is 0.858. The summed E-state index contributed by atoms with van der Waals surface area (Å²) >= 11 is 1.66. The fourth-order valence-corrected chi connectivity index (χ4v) is 2.93. The van der Waals surface area contributed by atoms with Gasteiger partial charge in [0.05, 0.1) is 5.69 Å². The van der Waals surface area contributed by atoms with Gasteiger partial charge < -0.3 is 10.2 Å². The molecule has 2 rings (SSSR count). The minimum atomic E-state index is -0.162. The van der Waals surface area contributed by atoms with Crippen LogP contribution in [-0.2, 0) is 6.54 Å². The molecule has 0 aliphatic heterocycles. The molecule has 0 saturated heterocycles. The number of benzene rings is 1. The molecular weight excluding hydrogens is 271 g/mol. The van der Waals surface area contributed by atoms with Crippen LogP contribution in [0.3, 0.4) is 0 Å². The predicted octanol–water partition coefficient (Wildman–Crippen LogP) is 4.19. The first-order valence-corrected chi connectivity index (χ1v) is 7.81. The van der Waals surface area contributed by atoms with Crippen molar-refractivity contribution in [3.8, 4) is 0 Å². The SMILES string of the molecule is CCNC(C)c1ccc(N(C)Cc2ccsc2)c(F)c1. The van der Waals surface area contributed by atoms with Gasteiger partial charge in [0.25, 0.3) is 0 Å². The molecule has 1 heterocycles. The number of halogens is 1. The maximum absolute atomic E-state index is 14.3. The van der Waals surface area contributed by atoms with E-state index in [0.717, 1.165) is 18.7 Å². The first-order valence-electron chi connectivity index (χ1n) is 6.87. The normalized spacial score (nSPS) is 12.4. The maximum atomic E-state index is 14.3. The smallest absolute Gasteiger partial charge is 0.146 e. The molecule has 0 saturated carbocycles. The van der Waals surface area contributed by atoms with Crippen LogP contribution in [0.1, 0.15) is 31.0 Å². The molecule has 0 fully saturated rings. The zero-order valence-corrected chi connectivity index (χ0v) is 13.0. The molecule has 108 valence electrons. The van der Waals surface area contributed by atoms with Crippen LogP contribution in [0.2, 0.25) is 0 Å². The van der Waals surface area contributed by atoms with Crippen LogP contribution in [0, 0.1) is 5.82 Å². The van der Waals surface area contributed by atoms with Crippen LogP contribution in [0.15, 0.2) is 35.0 Å². The number of nitrogens with one attached hydrogen (secondary N) is 1. The Hall–Kier alpha value is -1.39. The third kappa shape index (κ3) is 3.58. The molecular formula is C16H21FN2S. The Kier molecular flexibility index (Phi) is 5.15. The minimum absolute atomic E-state index is 0.162. The highest BCUT2D eigenvalue weighted by Gasteiger charge is 2.11. The Morgan fingerprint density at radius 2 is 2.15 bits per heavy atom.